The Balaban J connectivity index is 1.60. The average molecular weight is 389 g/mol. The minimum atomic E-state index is -0.598. The number of nitrogens with one attached hydrogen (secondary N) is 2. The quantitative estimate of drug-likeness (QED) is 0.664. The summed E-state index contributed by atoms with van der Waals surface area (Å²) in [5, 5.41) is 7.41. The molecule has 4 nitrogen and oxygen atoms in total. The molecule has 3 aromatic rings. The van der Waals surface area contributed by atoms with Crippen LogP contribution in [-0.4, -0.2) is 11.8 Å². The highest BCUT2D eigenvalue weighted by atomic mass is 35.5. The second-order valence-electron chi connectivity index (χ2n) is 5.44. The zero-order valence-corrected chi connectivity index (χ0v) is 15.0. The van der Waals surface area contributed by atoms with Crippen molar-refractivity contribution < 1.29 is 14.0 Å². The van der Waals surface area contributed by atoms with Crippen molar-refractivity contribution in [3.8, 4) is 0 Å². The molecule has 0 aliphatic rings. The van der Waals surface area contributed by atoms with Crippen molar-refractivity contribution in [1.29, 1.82) is 0 Å². The maximum Gasteiger partial charge on any atom is 0.261 e. The van der Waals surface area contributed by atoms with Crippen molar-refractivity contribution in [2.24, 2.45) is 0 Å². The van der Waals surface area contributed by atoms with Crippen LogP contribution < -0.4 is 10.6 Å². The molecule has 1 aromatic heterocycles. The van der Waals surface area contributed by atoms with Crippen LogP contribution in [0.1, 0.15) is 25.6 Å². The van der Waals surface area contributed by atoms with Crippen LogP contribution in [-0.2, 0) is 6.54 Å². The van der Waals surface area contributed by atoms with Gasteiger partial charge in [-0.2, -0.15) is 0 Å². The maximum atomic E-state index is 13.7. The molecule has 2 amide bonds. The molecule has 0 aliphatic heterocycles. The number of carbonyl (C=O) groups is 2. The van der Waals surface area contributed by atoms with E-state index in [1.165, 1.54) is 23.5 Å². The van der Waals surface area contributed by atoms with Gasteiger partial charge in [0.1, 0.15) is 5.82 Å². The Morgan fingerprint density at radius 3 is 2.46 bits per heavy atom. The fraction of sp³-hybridized carbons (Fsp3) is 0.0526. The second-order valence-corrected chi connectivity index (χ2v) is 6.82. The first kappa shape index (κ1) is 18.1. The standard InChI is InChI=1S/C19H14ClFN2O2S/c20-14-7-8-16(15(21)10-14)23-18(24)13-5-3-12(4-6-13)11-22-19(25)17-2-1-9-26-17/h1-10H,11H2,(H,22,25)(H,23,24). The molecule has 26 heavy (non-hydrogen) atoms. The first-order valence-corrected chi connectivity index (χ1v) is 8.96. The third-order valence-electron chi connectivity index (χ3n) is 3.59. The van der Waals surface area contributed by atoms with Crippen LogP contribution in [0.5, 0.6) is 0 Å². The zero-order valence-electron chi connectivity index (χ0n) is 13.5. The van der Waals surface area contributed by atoms with Crippen LogP contribution in [0.4, 0.5) is 10.1 Å². The summed E-state index contributed by atoms with van der Waals surface area (Å²) in [5.41, 5.74) is 1.29. The normalized spacial score (nSPS) is 10.4. The Kier molecular flexibility index (Phi) is 5.65. The minimum Gasteiger partial charge on any atom is -0.347 e. The van der Waals surface area contributed by atoms with E-state index in [9.17, 15) is 14.0 Å². The predicted octanol–water partition coefficient (Wildman–Crippen LogP) is 4.72. The Morgan fingerprint density at radius 2 is 1.81 bits per heavy atom. The van der Waals surface area contributed by atoms with Gasteiger partial charge >= 0.3 is 0 Å². The first-order valence-electron chi connectivity index (χ1n) is 7.70. The number of hydrogen-bond donors (Lipinski definition) is 2. The predicted molar refractivity (Wildman–Crippen MR) is 101 cm³/mol. The summed E-state index contributed by atoms with van der Waals surface area (Å²) in [4.78, 5) is 24.8. The molecule has 0 spiro atoms. The lowest BCUT2D eigenvalue weighted by Crippen LogP contribution is -2.21. The van der Waals surface area contributed by atoms with E-state index < -0.39 is 11.7 Å². The second kappa shape index (κ2) is 8.12. The van der Waals surface area contributed by atoms with Gasteiger partial charge in [-0.1, -0.05) is 29.8 Å². The van der Waals surface area contributed by atoms with Gasteiger partial charge in [0.05, 0.1) is 10.6 Å². The van der Waals surface area contributed by atoms with Crippen LogP contribution in [0.3, 0.4) is 0 Å². The largest absolute Gasteiger partial charge is 0.347 e. The van der Waals surface area contributed by atoms with E-state index in [2.05, 4.69) is 10.6 Å². The van der Waals surface area contributed by atoms with Crippen LogP contribution in [0.2, 0.25) is 5.02 Å². The molecule has 2 N–H and O–H groups in total. The Hall–Kier alpha value is -2.70. The lowest BCUT2D eigenvalue weighted by Gasteiger charge is -2.08. The molecule has 0 unspecified atom stereocenters. The first-order chi connectivity index (χ1) is 12.5. The van der Waals surface area contributed by atoms with Gasteiger partial charge in [0.25, 0.3) is 11.8 Å². The number of halogens is 2. The van der Waals surface area contributed by atoms with Gasteiger partial charge in [-0.3, -0.25) is 9.59 Å². The molecule has 0 fully saturated rings. The molecule has 1 heterocycles. The van der Waals surface area contributed by atoms with Gasteiger partial charge in [0.2, 0.25) is 0 Å². The van der Waals surface area contributed by atoms with Crippen LogP contribution in [0.25, 0.3) is 0 Å². The molecular weight excluding hydrogens is 375 g/mol. The third-order valence-corrected chi connectivity index (χ3v) is 4.70. The summed E-state index contributed by atoms with van der Waals surface area (Å²) >= 11 is 7.06. The van der Waals surface area contributed by atoms with Gasteiger partial charge in [-0.05, 0) is 47.3 Å². The van der Waals surface area contributed by atoms with E-state index in [0.29, 0.717) is 17.0 Å². The van der Waals surface area contributed by atoms with Gasteiger partial charge in [-0.25, -0.2) is 4.39 Å². The lowest BCUT2D eigenvalue weighted by molar-refractivity contribution is 0.0953. The smallest absolute Gasteiger partial charge is 0.261 e. The van der Waals surface area contributed by atoms with E-state index in [-0.39, 0.29) is 16.6 Å². The summed E-state index contributed by atoms with van der Waals surface area (Å²) in [7, 11) is 0. The highest BCUT2D eigenvalue weighted by Gasteiger charge is 2.10. The summed E-state index contributed by atoms with van der Waals surface area (Å²) < 4.78 is 13.7. The molecule has 0 saturated carbocycles. The number of anilines is 1. The number of benzene rings is 2. The van der Waals surface area contributed by atoms with E-state index in [4.69, 9.17) is 11.6 Å². The van der Waals surface area contributed by atoms with Crippen molar-refractivity contribution in [1.82, 2.24) is 5.32 Å². The average Bonchev–Trinajstić information content (AvgIpc) is 3.17. The summed E-state index contributed by atoms with van der Waals surface area (Å²) in [6, 6.07) is 14.3. The fourth-order valence-electron chi connectivity index (χ4n) is 2.24. The van der Waals surface area contributed by atoms with Crippen molar-refractivity contribution in [3.63, 3.8) is 0 Å². The zero-order chi connectivity index (χ0) is 18.5. The van der Waals surface area contributed by atoms with E-state index in [1.807, 2.05) is 11.4 Å². The molecule has 2 aromatic carbocycles. The van der Waals surface area contributed by atoms with Crippen LogP contribution in [0, 0.1) is 5.82 Å². The third kappa shape index (κ3) is 4.47. The SMILES string of the molecule is O=C(Nc1ccc(Cl)cc1F)c1ccc(CNC(=O)c2cccs2)cc1. The van der Waals surface area contributed by atoms with Crippen molar-refractivity contribution in [3.05, 3.63) is 86.8 Å². The number of amides is 2. The number of rotatable bonds is 5. The van der Waals surface area contributed by atoms with E-state index in [1.54, 1.807) is 30.3 Å². The van der Waals surface area contributed by atoms with Crippen molar-refractivity contribution in [2.45, 2.75) is 6.54 Å². The molecule has 0 bridgehead atoms. The van der Waals surface area contributed by atoms with Gasteiger partial charge in [0, 0.05) is 17.1 Å². The molecule has 132 valence electrons. The molecule has 3 rings (SSSR count). The van der Waals surface area contributed by atoms with Crippen LogP contribution in [0.15, 0.2) is 60.0 Å². The summed E-state index contributed by atoms with van der Waals surface area (Å²) in [6.45, 7) is 0.352. The van der Waals surface area contributed by atoms with Gasteiger partial charge < -0.3 is 10.6 Å². The highest BCUT2D eigenvalue weighted by Crippen LogP contribution is 2.19. The molecule has 0 aliphatic carbocycles. The lowest BCUT2D eigenvalue weighted by atomic mass is 10.1. The molecule has 7 heteroatoms. The Labute approximate surface area is 158 Å². The monoisotopic (exact) mass is 388 g/mol. The van der Waals surface area contributed by atoms with Gasteiger partial charge in [0.15, 0.2) is 0 Å². The molecule has 0 atom stereocenters. The Bertz CT molecular complexity index is 927. The molecular formula is C19H14ClFN2O2S. The van der Waals surface area contributed by atoms with Crippen LogP contribution >= 0.6 is 22.9 Å². The fourth-order valence-corrected chi connectivity index (χ4v) is 3.04. The van der Waals surface area contributed by atoms with E-state index >= 15 is 0 Å². The number of carbonyl (C=O) groups excluding carboxylic acids is 2. The van der Waals surface area contributed by atoms with E-state index in [0.717, 1.165) is 11.6 Å². The summed E-state index contributed by atoms with van der Waals surface area (Å²) in [6.07, 6.45) is 0. The van der Waals surface area contributed by atoms with Crippen molar-refractivity contribution in [2.75, 3.05) is 5.32 Å². The number of thiophene rings is 1. The van der Waals surface area contributed by atoms with Gasteiger partial charge in [-0.15, -0.1) is 11.3 Å². The molecule has 0 radical (unpaired) electrons. The number of hydrogen-bond acceptors (Lipinski definition) is 3. The Morgan fingerprint density at radius 1 is 1.04 bits per heavy atom. The molecule has 0 saturated heterocycles. The summed E-state index contributed by atoms with van der Waals surface area (Å²) in [5.74, 6) is -1.17. The minimum absolute atomic E-state index is 0.0617. The van der Waals surface area contributed by atoms with Crippen molar-refractivity contribution >= 4 is 40.4 Å². The maximum absolute atomic E-state index is 13.7. The topological polar surface area (TPSA) is 58.2 Å². The highest BCUT2D eigenvalue weighted by molar-refractivity contribution is 7.12.